The average Bonchev–Trinajstić information content (AvgIpc) is 2.68. The minimum absolute atomic E-state index is 0.0536. The number of hydrogen-bond acceptors (Lipinski definition) is 3. The number of amides is 1. The average molecular weight is 423 g/mol. The smallest absolute Gasteiger partial charge is 0.257 e. The SMILES string of the molecule is CC[C@@H](C)c1ccc(NC(=O)c2cc(S(=O)(=O)N(CC)CC)ccc2Cl)cc1. The number of carbonyl (C=O) groups excluding carboxylic acids is 1. The molecular weight excluding hydrogens is 396 g/mol. The van der Waals surface area contributed by atoms with Crippen LogP contribution in [0.2, 0.25) is 5.02 Å². The van der Waals surface area contributed by atoms with Crippen LogP contribution in [0.5, 0.6) is 0 Å². The third-order valence-corrected chi connectivity index (χ3v) is 7.25. The molecule has 2 rings (SSSR count). The molecule has 28 heavy (non-hydrogen) atoms. The molecule has 2 aromatic rings. The Morgan fingerprint density at radius 3 is 2.21 bits per heavy atom. The second-order valence-electron chi connectivity index (χ2n) is 6.62. The van der Waals surface area contributed by atoms with Crippen LogP contribution in [0.1, 0.15) is 56.0 Å². The van der Waals surface area contributed by atoms with Gasteiger partial charge in [0.2, 0.25) is 10.0 Å². The van der Waals surface area contributed by atoms with Crippen LogP contribution in [-0.4, -0.2) is 31.7 Å². The minimum atomic E-state index is -3.67. The van der Waals surface area contributed by atoms with Gasteiger partial charge in [-0.3, -0.25) is 4.79 Å². The van der Waals surface area contributed by atoms with Crippen molar-refractivity contribution in [3.63, 3.8) is 0 Å². The molecule has 0 bridgehead atoms. The molecule has 0 aliphatic heterocycles. The first kappa shape index (κ1) is 22.4. The zero-order valence-corrected chi connectivity index (χ0v) is 18.3. The van der Waals surface area contributed by atoms with Crippen LogP contribution in [0, 0.1) is 0 Å². The van der Waals surface area contributed by atoms with E-state index in [1.807, 2.05) is 24.3 Å². The van der Waals surface area contributed by atoms with Gasteiger partial charge in [-0.15, -0.1) is 0 Å². The fourth-order valence-corrected chi connectivity index (χ4v) is 4.57. The van der Waals surface area contributed by atoms with E-state index in [9.17, 15) is 13.2 Å². The molecule has 1 amide bonds. The maximum absolute atomic E-state index is 12.7. The van der Waals surface area contributed by atoms with Gasteiger partial charge < -0.3 is 5.32 Å². The lowest BCUT2D eigenvalue weighted by Gasteiger charge is -2.19. The molecule has 0 saturated heterocycles. The molecule has 0 aliphatic carbocycles. The second kappa shape index (κ2) is 9.54. The summed E-state index contributed by atoms with van der Waals surface area (Å²) in [7, 11) is -3.67. The minimum Gasteiger partial charge on any atom is -0.322 e. The van der Waals surface area contributed by atoms with Gasteiger partial charge in [-0.1, -0.05) is 51.4 Å². The Hall–Kier alpha value is -1.89. The predicted octanol–water partition coefficient (Wildman–Crippen LogP) is 5.14. The number of anilines is 1. The van der Waals surface area contributed by atoms with Gasteiger partial charge in [-0.25, -0.2) is 8.42 Å². The molecule has 1 N–H and O–H groups in total. The highest BCUT2D eigenvalue weighted by Crippen LogP contribution is 2.25. The van der Waals surface area contributed by atoms with Crippen molar-refractivity contribution in [3.05, 3.63) is 58.6 Å². The number of rotatable bonds is 8. The molecule has 0 heterocycles. The molecule has 0 unspecified atom stereocenters. The van der Waals surface area contributed by atoms with Crippen LogP contribution in [0.4, 0.5) is 5.69 Å². The van der Waals surface area contributed by atoms with Crippen molar-refractivity contribution in [2.24, 2.45) is 0 Å². The number of halogens is 1. The number of hydrogen-bond donors (Lipinski definition) is 1. The van der Waals surface area contributed by atoms with Crippen LogP contribution in [0.15, 0.2) is 47.4 Å². The van der Waals surface area contributed by atoms with Gasteiger partial charge >= 0.3 is 0 Å². The first-order valence-electron chi connectivity index (χ1n) is 9.45. The Labute approximate surface area is 172 Å². The summed E-state index contributed by atoms with van der Waals surface area (Å²) in [5.74, 6) is -0.000881. The summed E-state index contributed by atoms with van der Waals surface area (Å²) in [6.45, 7) is 8.52. The topological polar surface area (TPSA) is 66.5 Å². The second-order valence-corrected chi connectivity index (χ2v) is 8.96. The first-order valence-corrected chi connectivity index (χ1v) is 11.3. The number of benzene rings is 2. The number of nitrogens with zero attached hydrogens (tertiary/aromatic N) is 1. The lowest BCUT2D eigenvalue weighted by molar-refractivity contribution is 0.102. The molecule has 0 aromatic heterocycles. The first-order chi connectivity index (χ1) is 13.2. The molecule has 2 aromatic carbocycles. The van der Waals surface area contributed by atoms with Crippen molar-refractivity contribution in [1.29, 1.82) is 0 Å². The Bertz CT molecular complexity index is 923. The lowest BCUT2D eigenvalue weighted by atomic mass is 9.98. The largest absolute Gasteiger partial charge is 0.322 e. The van der Waals surface area contributed by atoms with Gasteiger partial charge in [-0.2, -0.15) is 4.31 Å². The van der Waals surface area contributed by atoms with Crippen molar-refractivity contribution in [2.45, 2.75) is 44.9 Å². The number of carbonyl (C=O) groups is 1. The maximum atomic E-state index is 12.7. The van der Waals surface area contributed by atoms with Crippen LogP contribution in [0.25, 0.3) is 0 Å². The van der Waals surface area contributed by atoms with E-state index in [1.54, 1.807) is 13.8 Å². The summed E-state index contributed by atoms with van der Waals surface area (Å²) in [6, 6.07) is 11.8. The summed E-state index contributed by atoms with van der Waals surface area (Å²) in [4.78, 5) is 12.7. The normalized spacial score (nSPS) is 12.8. The van der Waals surface area contributed by atoms with Crippen LogP contribution in [0.3, 0.4) is 0 Å². The Balaban J connectivity index is 2.28. The summed E-state index contributed by atoms with van der Waals surface area (Å²) in [5.41, 5.74) is 1.96. The van der Waals surface area contributed by atoms with Crippen molar-refractivity contribution >= 4 is 33.2 Å². The molecule has 1 atom stereocenters. The Kier molecular flexibility index (Phi) is 7.63. The van der Waals surface area contributed by atoms with Crippen molar-refractivity contribution in [3.8, 4) is 0 Å². The van der Waals surface area contributed by atoms with E-state index in [2.05, 4.69) is 19.2 Å². The summed E-state index contributed by atoms with van der Waals surface area (Å²) >= 11 is 6.17. The number of nitrogens with one attached hydrogen (secondary N) is 1. The van der Waals surface area contributed by atoms with Crippen molar-refractivity contribution in [1.82, 2.24) is 4.31 Å². The van der Waals surface area contributed by atoms with Gasteiger partial charge in [0, 0.05) is 18.8 Å². The lowest BCUT2D eigenvalue weighted by Crippen LogP contribution is -2.30. The zero-order valence-electron chi connectivity index (χ0n) is 16.7. The van der Waals surface area contributed by atoms with E-state index >= 15 is 0 Å². The molecule has 0 spiro atoms. The third kappa shape index (κ3) is 4.93. The molecule has 0 saturated carbocycles. The molecule has 5 nitrogen and oxygen atoms in total. The Morgan fingerprint density at radius 2 is 1.68 bits per heavy atom. The monoisotopic (exact) mass is 422 g/mol. The summed E-state index contributed by atoms with van der Waals surface area (Å²) < 4.78 is 26.8. The van der Waals surface area contributed by atoms with Gasteiger partial charge in [0.05, 0.1) is 15.5 Å². The third-order valence-electron chi connectivity index (χ3n) is 4.88. The predicted molar refractivity (Wildman–Crippen MR) is 115 cm³/mol. The van der Waals surface area contributed by atoms with Crippen LogP contribution < -0.4 is 5.32 Å². The summed E-state index contributed by atoms with van der Waals surface area (Å²) in [6.07, 6.45) is 1.04. The van der Waals surface area contributed by atoms with Crippen molar-refractivity contribution < 1.29 is 13.2 Å². The quantitative estimate of drug-likeness (QED) is 0.640. The summed E-state index contributed by atoms with van der Waals surface area (Å²) in [5, 5.41) is 2.99. The van der Waals surface area contributed by atoms with Gasteiger partial charge in [0.25, 0.3) is 5.91 Å². The Morgan fingerprint density at radius 1 is 1.07 bits per heavy atom. The molecule has 0 aliphatic rings. The highest BCUT2D eigenvalue weighted by Gasteiger charge is 2.24. The highest BCUT2D eigenvalue weighted by atomic mass is 35.5. The van der Waals surface area contributed by atoms with E-state index in [4.69, 9.17) is 11.6 Å². The molecule has 0 fully saturated rings. The molecular formula is C21H27ClN2O3S. The van der Waals surface area contributed by atoms with E-state index in [-0.39, 0.29) is 15.5 Å². The van der Waals surface area contributed by atoms with Crippen molar-refractivity contribution in [2.75, 3.05) is 18.4 Å². The van der Waals surface area contributed by atoms with E-state index in [0.717, 1.165) is 6.42 Å². The van der Waals surface area contributed by atoms with E-state index in [0.29, 0.717) is 24.7 Å². The van der Waals surface area contributed by atoms with E-state index < -0.39 is 15.9 Å². The van der Waals surface area contributed by atoms with Gasteiger partial charge in [0.15, 0.2) is 0 Å². The standard InChI is InChI=1S/C21H27ClN2O3S/c1-5-15(4)16-8-10-17(11-9-16)23-21(25)19-14-18(12-13-20(19)22)28(26,27)24(6-2)7-3/h8-15H,5-7H2,1-4H3,(H,23,25)/t15-/m1/s1. The molecule has 152 valence electrons. The maximum Gasteiger partial charge on any atom is 0.257 e. The zero-order chi connectivity index (χ0) is 20.9. The molecule has 0 radical (unpaired) electrons. The fraction of sp³-hybridized carbons (Fsp3) is 0.381. The van der Waals surface area contributed by atoms with E-state index in [1.165, 1.54) is 28.1 Å². The highest BCUT2D eigenvalue weighted by molar-refractivity contribution is 7.89. The van der Waals surface area contributed by atoms with Gasteiger partial charge in [-0.05, 0) is 48.2 Å². The number of sulfonamides is 1. The van der Waals surface area contributed by atoms with Crippen LogP contribution in [-0.2, 0) is 10.0 Å². The fourth-order valence-electron chi connectivity index (χ4n) is 2.88. The van der Waals surface area contributed by atoms with Gasteiger partial charge in [0.1, 0.15) is 0 Å². The molecule has 7 heteroatoms. The van der Waals surface area contributed by atoms with Crippen LogP contribution >= 0.6 is 11.6 Å².